The van der Waals surface area contributed by atoms with Crippen molar-refractivity contribution in [3.05, 3.63) is 59.4 Å². The van der Waals surface area contributed by atoms with Crippen LogP contribution >= 0.6 is 0 Å². The number of rotatable bonds is 5. The quantitative estimate of drug-likeness (QED) is 0.846. The topological polar surface area (TPSA) is 21.3 Å². The molecule has 2 aromatic carbocycles. The summed E-state index contributed by atoms with van der Waals surface area (Å²) in [5.41, 5.74) is 2.71. The highest BCUT2D eigenvalue weighted by atomic mass is 19.3. The fourth-order valence-electron chi connectivity index (χ4n) is 2.18. The van der Waals surface area contributed by atoms with E-state index >= 15 is 0 Å². The van der Waals surface area contributed by atoms with Gasteiger partial charge in [0, 0.05) is 17.8 Å². The first-order chi connectivity index (χ1) is 9.97. The SMILES string of the molecule is Cc1ccccc1C(C)Nc1ccc(OC(F)F)c(F)c1. The maximum absolute atomic E-state index is 13.6. The zero-order chi connectivity index (χ0) is 15.4. The molecule has 0 amide bonds. The molecule has 0 spiro atoms. The number of hydrogen-bond donors (Lipinski definition) is 1. The van der Waals surface area contributed by atoms with Crippen LogP contribution in [0.2, 0.25) is 0 Å². The average Bonchev–Trinajstić information content (AvgIpc) is 2.42. The van der Waals surface area contributed by atoms with Crippen LogP contribution < -0.4 is 10.1 Å². The fraction of sp³-hybridized carbons (Fsp3) is 0.250. The Balaban J connectivity index is 2.13. The molecule has 2 rings (SSSR count). The van der Waals surface area contributed by atoms with E-state index in [4.69, 9.17) is 0 Å². The number of ether oxygens (including phenoxy) is 1. The van der Waals surface area contributed by atoms with Gasteiger partial charge in [-0.25, -0.2) is 4.39 Å². The van der Waals surface area contributed by atoms with Gasteiger partial charge in [-0.3, -0.25) is 0 Å². The first-order valence-corrected chi connectivity index (χ1v) is 6.54. The molecular weight excluding hydrogens is 279 g/mol. The van der Waals surface area contributed by atoms with Crippen molar-refractivity contribution >= 4 is 5.69 Å². The van der Waals surface area contributed by atoms with E-state index in [0.29, 0.717) is 5.69 Å². The second kappa shape index (κ2) is 6.52. The summed E-state index contributed by atoms with van der Waals surface area (Å²) in [6.45, 7) is 0.904. The Morgan fingerprint density at radius 3 is 2.43 bits per heavy atom. The van der Waals surface area contributed by atoms with E-state index < -0.39 is 18.2 Å². The highest BCUT2D eigenvalue weighted by Gasteiger charge is 2.12. The van der Waals surface area contributed by atoms with Crippen molar-refractivity contribution in [2.75, 3.05) is 5.32 Å². The number of hydrogen-bond acceptors (Lipinski definition) is 2. The van der Waals surface area contributed by atoms with E-state index in [1.807, 2.05) is 38.1 Å². The van der Waals surface area contributed by atoms with Crippen LogP contribution in [0.3, 0.4) is 0 Å². The Kier molecular flexibility index (Phi) is 4.73. The van der Waals surface area contributed by atoms with E-state index in [-0.39, 0.29) is 6.04 Å². The van der Waals surface area contributed by atoms with Crippen molar-refractivity contribution in [1.29, 1.82) is 0 Å². The van der Waals surface area contributed by atoms with Crippen LogP contribution in [0.15, 0.2) is 42.5 Å². The van der Waals surface area contributed by atoms with Crippen LogP contribution in [-0.2, 0) is 0 Å². The number of halogens is 3. The van der Waals surface area contributed by atoms with Gasteiger partial charge in [0.15, 0.2) is 11.6 Å². The molecule has 1 N–H and O–H groups in total. The number of aryl methyl sites for hydroxylation is 1. The predicted molar refractivity (Wildman–Crippen MR) is 76.2 cm³/mol. The van der Waals surface area contributed by atoms with E-state index in [1.54, 1.807) is 0 Å². The van der Waals surface area contributed by atoms with Gasteiger partial charge in [-0.05, 0) is 37.1 Å². The first-order valence-electron chi connectivity index (χ1n) is 6.54. The summed E-state index contributed by atoms with van der Waals surface area (Å²) in [4.78, 5) is 0. The lowest BCUT2D eigenvalue weighted by atomic mass is 10.0. The zero-order valence-electron chi connectivity index (χ0n) is 11.7. The summed E-state index contributed by atoms with van der Waals surface area (Å²) in [7, 11) is 0. The maximum Gasteiger partial charge on any atom is 0.387 e. The van der Waals surface area contributed by atoms with Gasteiger partial charge in [0.05, 0.1) is 0 Å². The highest BCUT2D eigenvalue weighted by Crippen LogP contribution is 2.26. The first kappa shape index (κ1) is 15.2. The highest BCUT2D eigenvalue weighted by molar-refractivity contribution is 5.49. The summed E-state index contributed by atoms with van der Waals surface area (Å²) in [5, 5.41) is 3.14. The minimum atomic E-state index is -3.04. The molecule has 0 aliphatic rings. The Bertz CT molecular complexity index is 616. The molecule has 0 aliphatic heterocycles. The van der Waals surface area contributed by atoms with Gasteiger partial charge in [-0.2, -0.15) is 8.78 Å². The second-order valence-electron chi connectivity index (χ2n) is 4.75. The molecule has 0 radical (unpaired) electrons. The van der Waals surface area contributed by atoms with Crippen LogP contribution in [0.4, 0.5) is 18.9 Å². The molecule has 0 aromatic heterocycles. The largest absolute Gasteiger partial charge is 0.432 e. The number of anilines is 1. The fourth-order valence-corrected chi connectivity index (χ4v) is 2.18. The van der Waals surface area contributed by atoms with Gasteiger partial charge in [0.1, 0.15) is 0 Å². The molecule has 2 aromatic rings. The lowest BCUT2D eigenvalue weighted by Gasteiger charge is -2.18. The lowest BCUT2D eigenvalue weighted by molar-refractivity contribution is -0.0521. The van der Waals surface area contributed by atoms with Crippen LogP contribution in [0.1, 0.15) is 24.1 Å². The minimum Gasteiger partial charge on any atom is -0.432 e. The maximum atomic E-state index is 13.6. The summed E-state index contributed by atoms with van der Waals surface area (Å²) >= 11 is 0. The monoisotopic (exact) mass is 295 g/mol. The number of benzene rings is 2. The molecule has 112 valence electrons. The third-order valence-electron chi connectivity index (χ3n) is 3.19. The second-order valence-corrected chi connectivity index (χ2v) is 4.75. The van der Waals surface area contributed by atoms with Gasteiger partial charge in [0.25, 0.3) is 0 Å². The molecule has 1 unspecified atom stereocenters. The summed E-state index contributed by atoms with van der Waals surface area (Å²) in [6.07, 6.45) is 0. The molecule has 0 bridgehead atoms. The van der Waals surface area contributed by atoms with Gasteiger partial charge >= 0.3 is 6.61 Å². The lowest BCUT2D eigenvalue weighted by Crippen LogP contribution is -2.09. The molecule has 1 atom stereocenters. The summed E-state index contributed by atoms with van der Waals surface area (Å²) in [5.74, 6) is -1.28. The van der Waals surface area contributed by atoms with E-state index in [9.17, 15) is 13.2 Å². The third-order valence-corrected chi connectivity index (χ3v) is 3.19. The Morgan fingerprint density at radius 1 is 1.10 bits per heavy atom. The van der Waals surface area contributed by atoms with Crippen LogP contribution in [0.25, 0.3) is 0 Å². The van der Waals surface area contributed by atoms with Crippen molar-refractivity contribution < 1.29 is 17.9 Å². The summed E-state index contributed by atoms with van der Waals surface area (Å²) in [6, 6.07) is 11.7. The van der Waals surface area contributed by atoms with Crippen LogP contribution in [0.5, 0.6) is 5.75 Å². The smallest absolute Gasteiger partial charge is 0.387 e. The molecule has 21 heavy (non-hydrogen) atoms. The predicted octanol–water partition coefficient (Wildman–Crippen LogP) is 4.91. The standard InChI is InChI=1S/C16H16F3NO/c1-10-5-3-4-6-13(10)11(2)20-12-7-8-15(14(17)9-12)21-16(18)19/h3-9,11,16,20H,1-2H3. The molecular formula is C16H16F3NO. The van der Waals surface area contributed by atoms with Crippen molar-refractivity contribution in [2.24, 2.45) is 0 Å². The molecule has 0 saturated carbocycles. The van der Waals surface area contributed by atoms with E-state index in [2.05, 4.69) is 10.1 Å². The van der Waals surface area contributed by atoms with E-state index in [1.165, 1.54) is 12.1 Å². The molecule has 0 aliphatic carbocycles. The molecule has 0 fully saturated rings. The Morgan fingerprint density at radius 2 is 1.81 bits per heavy atom. The molecule has 5 heteroatoms. The molecule has 0 saturated heterocycles. The van der Waals surface area contributed by atoms with Crippen LogP contribution in [-0.4, -0.2) is 6.61 Å². The van der Waals surface area contributed by atoms with Gasteiger partial charge in [0.2, 0.25) is 0 Å². The van der Waals surface area contributed by atoms with Crippen molar-refractivity contribution in [2.45, 2.75) is 26.5 Å². The minimum absolute atomic E-state index is 0.0348. The van der Waals surface area contributed by atoms with Crippen molar-refractivity contribution in [3.63, 3.8) is 0 Å². The average molecular weight is 295 g/mol. The van der Waals surface area contributed by atoms with Gasteiger partial charge < -0.3 is 10.1 Å². The van der Waals surface area contributed by atoms with Gasteiger partial charge in [-0.15, -0.1) is 0 Å². The van der Waals surface area contributed by atoms with Gasteiger partial charge in [-0.1, -0.05) is 24.3 Å². The zero-order valence-corrected chi connectivity index (χ0v) is 11.7. The molecule has 0 heterocycles. The third kappa shape index (κ3) is 3.90. The Hall–Kier alpha value is -2.17. The summed E-state index contributed by atoms with van der Waals surface area (Å²) < 4.78 is 41.9. The van der Waals surface area contributed by atoms with E-state index in [0.717, 1.165) is 17.2 Å². The number of alkyl halides is 2. The normalized spacial score (nSPS) is 12.3. The molecule has 2 nitrogen and oxygen atoms in total. The van der Waals surface area contributed by atoms with Crippen molar-refractivity contribution in [3.8, 4) is 5.75 Å². The Labute approximate surface area is 121 Å². The van der Waals surface area contributed by atoms with Crippen LogP contribution in [0, 0.1) is 12.7 Å². The number of nitrogens with one attached hydrogen (secondary N) is 1. The van der Waals surface area contributed by atoms with Crippen molar-refractivity contribution in [1.82, 2.24) is 0 Å².